The van der Waals surface area contributed by atoms with E-state index in [1.54, 1.807) is 18.7 Å². The number of fused-ring (bicyclic) bond motifs is 1. The summed E-state index contributed by atoms with van der Waals surface area (Å²) in [5.41, 5.74) is 2.62. The number of nitrogens with one attached hydrogen (secondary N) is 2. The van der Waals surface area contributed by atoms with Gasteiger partial charge >= 0.3 is 0 Å². The number of benzene rings is 1. The lowest BCUT2D eigenvalue weighted by molar-refractivity contribution is -0.113. The second kappa shape index (κ2) is 7.31. The maximum atomic E-state index is 12.8. The fourth-order valence-electron chi connectivity index (χ4n) is 2.87. The van der Waals surface area contributed by atoms with E-state index in [1.165, 1.54) is 29.1 Å². The van der Waals surface area contributed by atoms with Crippen LogP contribution in [0.5, 0.6) is 0 Å². The molecule has 0 spiro atoms. The molecule has 0 bridgehead atoms. The van der Waals surface area contributed by atoms with Gasteiger partial charge in [-0.25, -0.2) is 19.6 Å². The zero-order chi connectivity index (χ0) is 19.7. The van der Waals surface area contributed by atoms with Crippen molar-refractivity contribution < 1.29 is 4.79 Å². The highest BCUT2D eigenvalue weighted by molar-refractivity contribution is 8.00. The first-order chi connectivity index (χ1) is 13.6. The van der Waals surface area contributed by atoms with Gasteiger partial charge in [0.1, 0.15) is 22.6 Å². The number of aromatic amines is 1. The maximum absolute atomic E-state index is 12.8. The zero-order valence-corrected chi connectivity index (χ0v) is 16.0. The summed E-state index contributed by atoms with van der Waals surface area (Å²) in [7, 11) is 1.78. The van der Waals surface area contributed by atoms with Gasteiger partial charge in [0.15, 0.2) is 5.65 Å². The summed E-state index contributed by atoms with van der Waals surface area (Å²) in [5.74, 6) is -0.188. The van der Waals surface area contributed by atoms with E-state index in [4.69, 9.17) is 0 Å². The minimum atomic E-state index is -0.290. The molecule has 2 N–H and O–H groups in total. The topological polar surface area (TPSA) is 110 Å². The fraction of sp³-hybridized carbons (Fsp3) is 0.167. The first-order valence-corrected chi connectivity index (χ1v) is 9.45. The van der Waals surface area contributed by atoms with Crippen LogP contribution in [0.25, 0.3) is 16.9 Å². The molecule has 3 aromatic heterocycles. The highest BCUT2D eigenvalue weighted by Gasteiger charge is 2.18. The van der Waals surface area contributed by atoms with Crippen LogP contribution < -0.4 is 10.9 Å². The number of anilines is 1. The van der Waals surface area contributed by atoms with Gasteiger partial charge in [-0.15, -0.1) is 0 Å². The summed E-state index contributed by atoms with van der Waals surface area (Å²) in [4.78, 5) is 40.6. The first kappa shape index (κ1) is 18.0. The van der Waals surface area contributed by atoms with Gasteiger partial charge < -0.3 is 10.3 Å². The molecule has 3 heterocycles. The predicted molar refractivity (Wildman–Crippen MR) is 107 cm³/mol. The van der Waals surface area contributed by atoms with Crippen LogP contribution >= 0.6 is 11.8 Å². The molecule has 1 amide bonds. The van der Waals surface area contributed by atoms with Crippen molar-refractivity contribution in [2.24, 2.45) is 7.05 Å². The third-order valence-electron chi connectivity index (χ3n) is 4.35. The number of hydrogen-bond acceptors (Lipinski definition) is 6. The number of amides is 1. The highest BCUT2D eigenvalue weighted by Crippen LogP contribution is 2.22. The Hall–Kier alpha value is -3.40. The van der Waals surface area contributed by atoms with Gasteiger partial charge in [0, 0.05) is 7.05 Å². The molecule has 0 saturated heterocycles. The number of nitrogens with zero attached hydrogens (tertiary/aromatic N) is 5. The summed E-state index contributed by atoms with van der Waals surface area (Å²) in [6.07, 6.45) is 2.94. The molecule has 0 unspecified atom stereocenters. The molecular formula is C18H17N7O2S. The minimum absolute atomic E-state index is 0.101. The van der Waals surface area contributed by atoms with Gasteiger partial charge in [0.05, 0.1) is 23.5 Å². The van der Waals surface area contributed by atoms with Crippen molar-refractivity contribution in [2.45, 2.75) is 11.9 Å². The Morgan fingerprint density at radius 3 is 2.79 bits per heavy atom. The van der Waals surface area contributed by atoms with Crippen molar-refractivity contribution in [3.05, 3.63) is 59.0 Å². The molecule has 1 aromatic carbocycles. The van der Waals surface area contributed by atoms with E-state index in [9.17, 15) is 9.59 Å². The molecule has 0 atom stereocenters. The van der Waals surface area contributed by atoms with Crippen LogP contribution in [0.15, 0.2) is 52.8 Å². The molecule has 0 saturated carbocycles. The number of hydrogen-bond donors (Lipinski definition) is 2. The quantitative estimate of drug-likeness (QED) is 0.394. The zero-order valence-electron chi connectivity index (χ0n) is 15.2. The number of carbonyl (C=O) groups excluding carboxylic acids is 1. The number of rotatable bonds is 5. The van der Waals surface area contributed by atoms with Crippen molar-refractivity contribution in [3.63, 3.8) is 0 Å². The molecular weight excluding hydrogens is 378 g/mol. The van der Waals surface area contributed by atoms with Gasteiger partial charge in [-0.1, -0.05) is 30.0 Å². The van der Waals surface area contributed by atoms with Crippen molar-refractivity contribution in [1.82, 2.24) is 29.3 Å². The van der Waals surface area contributed by atoms with Gasteiger partial charge in [0.25, 0.3) is 5.56 Å². The smallest absolute Gasteiger partial charge is 0.295 e. The number of thioether (sulfide) groups is 1. The van der Waals surface area contributed by atoms with Crippen molar-refractivity contribution in [1.29, 1.82) is 0 Å². The minimum Gasteiger partial charge on any atom is -0.341 e. The third-order valence-corrected chi connectivity index (χ3v) is 5.34. The molecule has 0 fully saturated rings. The Morgan fingerprint density at radius 1 is 1.21 bits per heavy atom. The van der Waals surface area contributed by atoms with Crippen molar-refractivity contribution in [2.75, 3.05) is 11.1 Å². The van der Waals surface area contributed by atoms with E-state index in [1.807, 2.05) is 30.3 Å². The molecule has 142 valence electrons. The Labute approximate surface area is 163 Å². The Bertz CT molecular complexity index is 1210. The van der Waals surface area contributed by atoms with Crippen LogP contribution in [-0.4, -0.2) is 41.0 Å². The molecule has 0 radical (unpaired) electrons. The first-order valence-electron chi connectivity index (χ1n) is 8.47. The number of aromatic nitrogens is 6. The maximum Gasteiger partial charge on any atom is 0.295 e. The van der Waals surface area contributed by atoms with Crippen LogP contribution in [0.1, 0.15) is 5.69 Å². The van der Waals surface area contributed by atoms with E-state index in [0.717, 1.165) is 5.69 Å². The average Bonchev–Trinajstić information content (AvgIpc) is 3.27. The van der Waals surface area contributed by atoms with Crippen LogP contribution in [0.3, 0.4) is 0 Å². The summed E-state index contributed by atoms with van der Waals surface area (Å²) in [6, 6.07) is 9.28. The average molecular weight is 395 g/mol. The molecule has 4 aromatic rings. The van der Waals surface area contributed by atoms with Crippen molar-refractivity contribution >= 4 is 34.5 Å². The SMILES string of the molecule is Cc1c(NC(=O)CSc2ncnc3nc[nH]c23)c(=O)n(-c2ccccc2)n1C. The summed E-state index contributed by atoms with van der Waals surface area (Å²) in [5, 5.41) is 3.37. The monoisotopic (exact) mass is 395 g/mol. The molecule has 0 aliphatic carbocycles. The Balaban J connectivity index is 1.54. The molecule has 0 aliphatic rings. The largest absolute Gasteiger partial charge is 0.341 e. The fourth-order valence-corrected chi connectivity index (χ4v) is 3.63. The van der Waals surface area contributed by atoms with E-state index in [2.05, 4.69) is 25.3 Å². The molecule has 10 heteroatoms. The van der Waals surface area contributed by atoms with Crippen molar-refractivity contribution in [3.8, 4) is 5.69 Å². The van der Waals surface area contributed by atoms with Crippen LogP contribution in [0.2, 0.25) is 0 Å². The number of imidazole rings is 1. The Kier molecular flexibility index (Phi) is 4.70. The lowest BCUT2D eigenvalue weighted by atomic mass is 10.3. The van der Waals surface area contributed by atoms with E-state index < -0.39 is 0 Å². The standard InChI is InChI=1S/C18H17N7O2S/c1-11-14(18(27)25(24(11)2)12-6-4-3-5-7-12)23-13(26)8-28-17-15-16(20-9-19-15)21-10-22-17/h3-7,9-10H,8H2,1-2H3,(H,23,26)(H,19,20,21,22). The number of para-hydroxylation sites is 1. The van der Waals surface area contributed by atoms with Gasteiger partial charge in [0.2, 0.25) is 5.91 Å². The summed E-state index contributed by atoms with van der Waals surface area (Å²) < 4.78 is 3.25. The van der Waals surface area contributed by atoms with Gasteiger partial charge in [-0.3, -0.25) is 14.3 Å². The second-order valence-electron chi connectivity index (χ2n) is 6.05. The highest BCUT2D eigenvalue weighted by atomic mass is 32.2. The van der Waals surface area contributed by atoms with E-state index in [0.29, 0.717) is 21.9 Å². The lowest BCUT2D eigenvalue weighted by Gasteiger charge is -2.07. The number of H-pyrrole nitrogens is 1. The van der Waals surface area contributed by atoms with Gasteiger partial charge in [-0.2, -0.15) is 0 Å². The second-order valence-corrected chi connectivity index (χ2v) is 7.02. The molecule has 28 heavy (non-hydrogen) atoms. The normalized spacial score (nSPS) is 11.1. The molecule has 0 aliphatic heterocycles. The van der Waals surface area contributed by atoms with E-state index in [-0.39, 0.29) is 22.9 Å². The summed E-state index contributed by atoms with van der Waals surface area (Å²) in [6.45, 7) is 1.79. The van der Waals surface area contributed by atoms with Crippen LogP contribution in [0.4, 0.5) is 5.69 Å². The lowest BCUT2D eigenvalue weighted by Crippen LogP contribution is -2.23. The predicted octanol–water partition coefficient (Wildman–Crippen LogP) is 1.88. The Morgan fingerprint density at radius 2 is 2.00 bits per heavy atom. The van der Waals surface area contributed by atoms with Crippen LogP contribution in [0, 0.1) is 6.92 Å². The van der Waals surface area contributed by atoms with Gasteiger partial charge in [-0.05, 0) is 19.1 Å². The molecule has 9 nitrogen and oxygen atoms in total. The van der Waals surface area contributed by atoms with E-state index >= 15 is 0 Å². The number of carbonyl (C=O) groups is 1. The summed E-state index contributed by atoms with van der Waals surface area (Å²) >= 11 is 1.25. The van der Waals surface area contributed by atoms with Crippen LogP contribution in [-0.2, 0) is 11.8 Å². The molecule has 4 rings (SSSR count). The third kappa shape index (κ3) is 3.18.